The van der Waals surface area contributed by atoms with Crippen LogP contribution < -0.4 is 11.3 Å². The third kappa shape index (κ3) is 2.65. The first-order valence-electron chi connectivity index (χ1n) is 8.09. The van der Waals surface area contributed by atoms with Crippen molar-refractivity contribution in [2.45, 2.75) is 62.9 Å². The first kappa shape index (κ1) is 14.1. The van der Waals surface area contributed by atoms with Crippen molar-refractivity contribution in [1.82, 2.24) is 10.3 Å². The van der Waals surface area contributed by atoms with Gasteiger partial charge in [-0.15, -0.1) is 0 Å². The van der Waals surface area contributed by atoms with Crippen LogP contribution in [0.3, 0.4) is 0 Å². The standard InChI is InChI=1S/C16H27N3O/c17-18-15(13-14-7-6-12-20-14)16(8-2-3-9-16)19-10-4-1-5-11-19/h6-7,12,15,18H,1-5,8-11,13,17H2. The third-order valence-electron chi connectivity index (χ3n) is 5.29. The van der Waals surface area contributed by atoms with Crippen molar-refractivity contribution in [2.24, 2.45) is 5.84 Å². The van der Waals surface area contributed by atoms with Gasteiger partial charge in [-0.2, -0.15) is 0 Å². The molecule has 4 heteroatoms. The van der Waals surface area contributed by atoms with E-state index in [1.807, 2.05) is 6.07 Å². The molecule has 112 valence electrons. The molecule has 0 bridgehead atoms. The van der Waals surface area contributed by atoms with Gasteiger partial charge < -0.3 is 4.42 Å². The quantitative estimate of drug-likeness (QED) is 0.641. The Labute approximate surface area is 121 Å². The van der Waals surface area contributed by atoms with Gasteiger partial charge in [0.1, 0.15) is 5.76 Å². The van der Waals surface area contributed by atoms with Crippen LogP contribution in [0, 0.1) is 0 Å². The monoisotopic (exact) mass is 277 g/mol. The Kier molecular flexibility index (Phi) is 4.44. The van der Waals surface area contributed by atoms with Crippen LogP contribution >= 0.6 is 0 Å². The summed E-state index contributed by atoms with van der Waals surface area (Å²) in [5.74, 6) is 6.98. The van der Waals surface area contributed by atoms with Gasteiger partial charge in [0.2, 0.25) is 0 Å². The number of furan rings is 1. The molecule has 3 rings (SSSR count). The van der Waals surface area contributed by atoms with Crippen LogP contribution in [0.1, 0.15) is 50.7 Å². The molecule has 2 heterocycles. The number of hydrazine groups is 1. The van der Waals surface area contributed by atoms with Crippen LogP contribution in [0.4, 0.5) is 0 Å². The second kappa shape index (κ2) is 6.29. The molecule has 1 aliphatic carbocycles. The number of likely N-dealkylation sites (tertiary alicyclic amines) is 1. The average Bonchev–Trinajstić information content (AvgIpc) is 3.18. The van der Waals surface area contributed by atoms with E-state index >= 15 is 0 Å². The van der Waals surface area contributed by atoms with Gasteiger partial charge in [0.05, 0.1) is 6.26 Å². The minimum Gasteiger partial charge on any atom is -0.469 e. The Balaban J connectivity index is 1.79. The molecular formula is C16H27N3O. The molecule has 0 radical (unpaired) electrons. The number of nitrogens with one attached hydrogen (secondary N) is 1. The summed E-state index contributed by atoms with van der Waals surface area (Å²) in [7, 11) is 0. The number of hydrogen-bond acceptors (Lipinski definition) is 4. The predicted molar refractivity (Wildman–Crippen MR) is 80.1 cm³/mol. The normalized spacial score (nSPS) is 24.9. The zero-order chi connectivity index (χ0) is 13.8. The lowest BCUT2D eigenvalue weighted by molar-refractivity contribution is 0.0351. The molecule has 1 aromatic rings. The summed E-state index contributed by atoms with van der Waals surface area (Å²) >= 11 is 0. The van der Waals surface area contributed by atoms with Crippen molar-refractivity contribution in [3.05, 3.63) is 24.2 Å². The lowest BCUT2D eigenvalue weighted by atomic mass is 9.82. The highest BCUT2D eigenvalue weighted by molar-refractivity contribution is 5.09. The molecule has 2 aliphatic rings. The van der Waals surface area contributed by atoms with Crippen molar-refractivity contribution in [2.75, 3.05) is 13.1 Å². The van der Waals surface area contributed by atoms with E-state index in [9.17, 15) is 0 Å². The van der Waals surface area contributed by atoms with Gasteiger partial charge in [-0.1, -0.05) is 19.3 Å². The van der Waals surface area contributed by atoms with Gasteiger partial charge >= 0.3 is 0 Å². The second-order valence-corrected chi connectivity index (χ2v) is 6.36. The number of rotatable bonds is 5. The molecule has 1 atom stereocenters. The van der Waals surface area contributed by atoms with E-state index < -0.39 is 0 Å². The smallest absolute Gasteiger partial charge is 0.105 e. The van der Waals surface area contributed by atoms with E-state index in [1.165, 1.54) is 58.0 Å². The fourth-order valence-corrected chi connectivity index (χ4v) is 4.25. The number of nitrogens with two attached hydrogens (primary N) is 1. The summed E-state index contributed by atoms with van der Waals surface area (Å²) in [4.78, 5) is 2.72. The molecule has 1 unspecified atom stereocenters. The van der Waals surface area contributed by atoms with Crippen LogP contribution in [-0.2, 0) is 6.42 Å². The summed E-state index contributed by atoms with van der Waals surface area (Å²) < 4.78 is 5.54. The molecule has 0 spiro atoms. The maximum Gasteiger partial charge on any atom is 0.105 e. The summed E-state index contributed by atoms with van der Waals surface area (Å²) in [6.45, 7) is 2.46. The minimum atomic E-state index is 0.238. The molecule has 1 aliphatic heterocycles. The highest BCUT2D eigenvalue weighted by Gasteiger charge is 2.45. The molecular weight excluding hydrogens is 250 g/mol. The topological polar surface area (TPSA) is 54.4 Å². The number of nitrogens with zero attached hydrogens (tertiary/aromatic N) is 1. The SMILES string of the molecule is NNC(Cc1ccco1)C1(N2CCCCC2)CCCC1. The largest absolute Gasteiger partial charge is 0.469 e. The highest BCUT2D eigenvalue weighted by Crippen LogP contribution is 2.40. The molecule has 2 fully saturated rings. The van der Waals surface area contributed by atoms with Crippen molar-refractivity contribution in [1.29, 1.82) is 0 Å². The molecule has 1 saturated heterocycles. The lowest BCUT2D eigenvalue weighted by Gasteiger charge is -2.48. The van der Waals surface area contributed by atoms with Crippen LogP contribution in [0.2, 0.25) is 0 Å². The Hall–Kier alpha value is -0.840. The third-order valence-corrected chi connectivity index (χ3v) is 5.29. The average molecular weight is 277 g/mol. The van der Waals surface area contributed by atoms with E-state index in [0.29, 0.717) is 0 Å². The molecule has 1 aromatic heterocycles. The van der Waals surface area contributed by atoms with Crippen LogP contribution in [-0.4, -0.2) is 29.6 Å². The van der Waals surface area contributed by atoms with Crippen molar-refractivity contribution < 1.29 is 4.42 Å². The van der Waals surface area contributed by atoms with Crippen molar-refractivity contribution in [3.8, 4) is 0 Å². The van der Waals surface area contributed by atoms with Gasteiger partial charge in [0.25, 0.3) is 0 Å². The van der Waals surface area contributed by atoms with Gasteiger partial charge in [0, 0.05) is 18.0 Å². The van der Waals surface area contributed by atoms with E-state index in [0.717, 1.165) is 12.2 Å². The predicted octanol–water partition coefficient (Wildman–Crippen LogP) is 2.45. The zero-order valence-electron chi connectivity index (χ0n) is 12.3. The van der Waals surface area contributed by atoms with E-state index in [4.69, 9.17) is 10.3 Å². The Morgan fingerprint density at radius 2 is 1.95 bits per heavy atom. The van der Waals surface area contributed by atoms with E-state index in [1.54, 1.807) is 6.26 Å². The zero-order valence-corrected chi connectivity index (χ0v) is 12.3. The molecule has 1 saturated carbocycles. The Bertz CT molecular complexity index is 392. The van der Waals surface area contributed by atoms with Gasteiger partial charge in [-0.3, -0.25) is 16.2 Å². The Morgan fingerprint density at radius 1 is 1.20 bits per heavy atom. The van der Waals surface area contributed by atoms with Crippen molar-refractivity contribution >= 4 is 0 Å². The maximum absolute atomic E-state index is 5.94. The molecule has 0 amide bonds. The van der Waals surface area contributed by atoms with Crippen molar-refractivity contribution in [3.63, 3.8) is 0 Å². The fourth-order valence-electron chi connectivity index (χ4n) is 4.25. The molecule has 20 heavy (non-hydrogen) atoms. The fraction of sp³-hybridized carbons (Fsp3) is 0.750. The molecule has 0 aromatic carbocycles. The summed E-state index contributed by atoms with van der Waals surface area (Å²) in [6, 6.07) is 4.31. The van der Waals surface area contributed by atoms with Gasteiger partial charge in [-0.05, 0) is 50.9 Å². The Morgan fingerprint density at radius 3 is 2.55 bits per heavy atom. The number of hydrogen-bond donors (Lipinski definition) is 2. The lowest BCUT2D eigenvalue weighted by Crippen LogP contribution is -2.63. The first-order valence-corrected chi connectivity index (χ1v) is 8.09. The van der Waals surface area contributed by atoms with Crippen LogP contribution in [0.25, 0.3) is 0 Å². The minimum absolute atomic E-state index is 0.238. The second-order valence-electron chi connectivity index (χ2n) is 6.36. The number of piperidine rings is 1. The summed E-state index contributed by atoms with van der Waals surface area (Å²) in [6.07, 6.45) is 11.9. The van der Waals surface area contributed by atoms with Crippen LogP contribution in [0.5, 0.6) is 0 Å². The maximum atomic E-state index is 5.94. The molecule has 3 N–H and O–H groups in total. The van der Waals surface area contributed by atoms with Crippen LogP contribution in [0.15, 0.2) is 22.8 Å². The van der Waals surface area contributed by atoms with Gasteiger partial charge in [-0.25, -0.2) is 0 Å². The first-order chi connectivity index (χ1) is 9.85. The summed E-state index contributed by atoms with van der Waals surface area (Å²) in [5.41, 5.74) is 3.36. The van der Waals surface area contributed by atoms with E-state index in [2.05, 4.69) is 16.4 Å². The summed E-state index contributed by atoms with van der Waals surface area (Å²) in [5, 5.41) is 0. The molecule has 4 nitrogen and oxygen atoms in total. The van der Waals surface area contributed by atoms with Gasteiger partial charge in [0.15, 0.2) is 0 Å². The highest BCUT2D eigenvalue weighted by atomic mass is 16.3. The van der Waals surface area contributed by atoms with E-state index in [-0.39, 0.29) is 11.6 Å².